The molecule has 4 nitrogen and oxygen atoms in total. The average Bonchev–Trinajstić information content (AvgIpc) is 2.65. The van der Waals surface area contributed by atoms with Crippen molar-refractivity contribution in [2.75, 3.05) is 13.2 Å². The molecule has 2 rings (SSSR count). The summed E-state index contributed by atoms with van der Waals surface area (Å²) in [6.45, 7) is 0.180. The van der Waals surface area contributed by atoms with E-state index < -0.39 is 11.6 Å². The molecule has 0 saturated carbocycles. The molecule has 1 saturated heterocycles. The SMILES string of the molecule is O=C1CCC(=O)N1CCOc1ccc(F)c(F)c1. The molecule has 6 heteroatoms. The maximum absolute atomic E-state index is 12.9. The summed E-state index contributed by atoms with van der Waals surface area (Å²) in [5.74, 6) is -2.25. The number of likely N-dealkylation sites (tertiary alicyclic amines) is 1. The van der Waals surface area contributed by atoms with E-state index in [-0.39, 0.29) is 43.6 Å². The van der Waals surface area contributed by atoms with Gasteiger partial charge in [-0.15, -0.1) is 0 Å². The number of hydrogen-bond acceptors (Lipinski definition) is 3. The van der Waals surface area contributed by atoms with Gasteiger partial charge in [0.2, 0.25) is 11.8 Å². The van der Waals surface area contributed by atoms with E-state index in [1.807, 2.05) is 0 Å². The first-order valence-corrected chi connectivity index (χ1v) is 5.49. The standard InChI is InChI=1S/C12H11F2NO3/c13-9-2-1-8(7-10(9)14)18-6-5-15-11(16)3-4-12(15)17/h1-2,7H,3-6H2. The predicted molar refractivity (Wildman–Crippen MR) is 57.8 cm³/mol. The van der Waals surface area contributed by atoms with Gasteiger partial charge >= 0.3 is 0 Å². The van der Waals surface area contributed by atoms with Crippen molar-refractivity contribution in [3.05, 3.63) is 29.8 Å². The van der Waals surface area contributed by atoms with E-state index in [4.69, 9.17) is 4.74 Å². The summed E-state index contributed by atoms with van der Waals surface area (Å²) in [5, 5.41) is 0. The summed E-state index contributed by atoms with van der Waals surface area (Å²) in [7, 11) is 0. The Kier molecular flexibility index (Phi) is 3.55. The summed E-state index contributed by atoms with van der Waals surface area (Å²) in [6, 6.07) is 3.16. The molecule has 1 fully saturated rings. The molecule has 0 N–H and O–H groups in total. The predicted octanol–water partition coefficient (Wildman–Crippen LogP) is 1.49. The number of ether oxygens (including phenoxy) is 1. The fourth-order valence-electron chi connectivity index (χ4n) is 1.69. The number of rotatable bonds is 4. The summed E-state index contributed by atoms with van der Waals surface area (Å²) in [4.78, 5) is 23.6. The first-order valence-electron chi connectivity index (χ1n) is 5.49. The highest BCUT2D eigenvalue weighted by molar-refractivity contribution is 6.01. The molecular weight excluding hydrogens is 244 g/mol. The maximum Gasteiger partial charge on any atom is 0.229 e. The largest absolute Gasteiger partial charge is 0.492 e. The number of carbonyl (C=O) groups excluding carboxylic acids is 2. The zero-order valence-electron chi connectivity index (χ0n) is 9.49. The Morgan fingerprint density at radius 1 is 1.11 bits per heavy atom. The minimum atomic E-state index is -0.999. The van der Waals surface area contributed by atoms with Crippen molar-refractivity contribution in [1.82, 2.24) is 4.90 Å². The average molecular weight is 255 g/mol. The van der Waals surface area contributed by atoms with Crippen LogP contribution in [-0.2, 0) is 9.59 Å². The molecule has 0 spiro atoms. The van der Waals surface area contributed by atoms with Gasteiger partial charge in [0, 0.05) is 18.9 Å². The van der Waals surface area contributed by atoms with Gasteiger partial charge in [0.05, 0.1) is 6.54 Å². The minimum absolute atomic E-state index is 0.0581. The Balaban J connectivity index is 1.86. The third kappa shape index (κ3) is 2.64. The van der Waals surface area contributed by atoms with Crippen LogP contribution in [0.2, 0.25) is 0 Å². The van der Waals surface area contributed by atoms with Crippen LogP contribution in [0.4, 0.5) is 8.78 Å². The molecule has 0 aliphatic carbocycles. The van der Waals surface area contributed by atoms with Crippen molar-refractivity contribution in [2.24, 2.45) is 0 Å². The third-order valence-electron chi connectivity index (χ3n) is 2.63. The fourth-order valence-corrected chi connectivity index (χ4v) is 1.69. The summed E-state index contributed by atoms with van der Waals surface area (Å²) in [5.41, 5.74) is 0. The van der Waals surface area contributed by atoms with Crippen LogP contribution in [-0.4, -0.2) is 29.9 Å². The molecule has 0 radical (unpaired) electrons. The smallest absolute Gasteiger partial charge is 0.229 e. The lowest BCUT2D eigenvalue weighted by Crippen LogP contribution is -2.33. The van der Waals surface area contributed by atoms with Crippen LogP contribution in [0.5, 0.6) is 5.75 Å². The first-order chi connectivity index (χ1) is 8.58. The lowest BCUT2D eigenvalue weighted by atomic mass is 10.3. The Morgan fingerprint density at radius 2 is 1.78 bits per heavy atom. The molecule has 0 aromatic heterocycles. The van der Waals surface area contributed by atoms with Gasteiger partial charge in [-0.25, -0.2) is 8.78 Å². The summed E-state index contributed by atoms with van der Waals surface area (Å²) in [6.07, 6.45) is 0.452. The van der Waals surface area contributed by atoms with E-state index in [9.17, 15) is 18.4 Å². The van der Waals surface area contributed by atoms with Crippen molar-refractivity contribution in [1.29, 1.82) is 0 Å². The van der Waals surface area contributed by atoms with Gasteiger partial charge in [-0.05, 0) is 12.1 Å². The lowest BCUT2D eigenvalue weighted by molar-refractivity contribution is -0.138. The molecule has 1 aliphatic heterocycles. The van der Waals surface area contributed by atoms with E-state index >= 15 is 0 Å². The van der Waals surface area contributed by atoms with E-state index in [1.54, 1.807) is 0 Å². The van der Waals surface area contributed by atoms with Gasteiger partial charge < -0.3 is 4.74 Å². The van der Waals surface area contributed by atoms with Crippen molar-refractivity contribution in [3.8, 4) is 5.75 Å². The van der Waals surface area contributed by atoms with Crippen LogP contribution in [0.3, 0.4) is 0 Å². The van der Waals surface area contributed by atoms with E-state index in [2.05, 4.69) is 0 Å². The van der Waals surface area contributed by atoms with Crippen LogP contribution < -0.4 is 4.74 Å². The van der Waals surface area contributed by atoms with Crippen LogP contribution in [0.25, 0.3) is 0 Å². The lowest BCUT2D eigenvalue weighted by Gasteiger charge is -2.14. The highest BCUT2D eigenvalue weighted by Gasteiger charge is 2.28. The van der Waals surface area contributed by atoms with E-state index in [0.29, 0.717) is 0 Å². The summed E-state index contributed by atoms with van der Waals surface area (Å²) < 4.78 is 30.6. The van der Waals surface area contributed by atoms with E-state index in [1.165, 1.54) is 6.07 Å². The minimum Gasteiger partial charge on any atom is -0.492 e. The van der Waals surface area contributed by atoms with Crippen molar-refractivity contribution in [2.45, 2.75) is 12.8 Å². The second-order valence-corrected chi connectivity index (χ2v) is 3.86. The van der Waals surface area contributed by atoms with Gasteiger partial charge in [-0.3, -0.25) is 14.5 Å². The van der Waals surface area contributed by atoms with E-state index in [0.717, 1.165) is 17.0 Å². The van der Waals surface area contributed by atoms with Gasteiger partial charge in [-0.1, -0.05) is 0 Å². The topological polar surface area (TPSA) is 46.6 Å². The normalized spacial score (nSPS) is 15.3. The monoisotopic (exact) mass is 255 g/mol. The number of benzene rings is 1. The third-order valence-corrected chi connectivity index (χ3v) is 2.63. The highest BCUT2D eigenvalue weighted by Crippen LogP contribution is 2.16. The number of hydrogen-bond donors (Lipinski definition) is 0. The molecule has 0 bridgehead atoms. The zero-order chi connectivity index (χ0) is 13.1. The Hall–Kier alpha value is -1.98. The van der Waals surface area contributed by atoms with Gasteiger partial charge in [0.1, 0.15) is 12.4 Å². The number of nitrogens with zero attached hydrogens (tertiary/aromatic N) is 1. The number of halogens is 2. The molecule has 1 aromatic carbocycles. The van der Waals surface area contributed by atoms with Crippen LogP contribution >= 0.6 is 0 Å². The van der Waals surface area contributed by atoms with Crippen LogP contribution in [0, 0.1) is 11.6 Å². The quantitative estimate of drug-likeness (QED) is 0.766. The fraction of sp³-hybridized carbons (Fsp3) is 0.333. The molecule has 1 aromatic rings. The molecular formula is C12H11F2NO3. The molecule has 0 atom stereocenters. The second kappa shape index (κ2) is 5.12. The molecule has 96 valence electrons. The van der Waals surface area contributed by atoms with Gasteiger partial charge in [0.15, 0.2) is 11.6 Å². The number of imide groups is 1. The Morgan fingerprint density at radius 3 is 2.39 bits per heavy atom. The zero-order valence-corrected chi connectivity index (χ0v) is 9.49. The molecule has 1 heterocycles. The Bertz CT molecular complexity index is 474. The molecule has 2 amide bonds. The van der Waals surface area contributed by atoms with Crippen LogP contribution in [0.15, 0.2) is 18.2 Å². The Labute approximate surface area is 102 Å². The number of carbonyl (C=O) groups is 2. The molecule has 1 aliphatic rings. The summed E-state index contributed by atoms with van der Waals surface area (Å²) >= 11 is 0. The molecule has 18 heavy (non-hydrogen) atoms. The highest BCUT2D eigenvalue weighted by atomic mass is 19.2. The van der Waals surface area contributed by atoms with Crippen molar-refractivity contribution >= 4 is 11.8 Å². The van der Waals surface area contributed by atoms with Crippen LogP contribution in [0.1, 0.15) is 12.8 Å². The second-order valence-electron chi connectivity index (χ2n) is 3.86. The van der Waals surface area contributed by atoms with Gasteiger partial charge in [-0.2, -0.15) is 0 Å². The number of amides is 2. The van der Waals surface area contributed by atoms with Crippen molar-refractivity contribution in [3.63, 3.8) is 0 Å². The maximum atomic E-state index is 12.9. The van der Waals surface area contributed by atoms with Gasteiger partial charge in [0.25, 0.3) is 0 Å². The molecule has 0 unspecified atom stereocenters. The first kappa shape index (κ1) is 12.5. The van der Waals surface area contributed by atoms with Crippen molar-refractivity contribution < 1.29 is 23.1 Å².